The molecule has 6 heteroatoms. The molecule has 2 rings (SSSR count). The van der Waals surface area contributed by atoms with Crippen molar-refractivity contribution >= 4 is 24.7 Å². The molecular formula is C32H48O5Si. The molecule has 0 aromatic heterocycles. The predicted octanol–water partition coefficient (Wildman–Crippen LogP) is 6.26. The molecule has 0 amide bonds. The van der Waals surface area contributed by atoms with Crippen molar-refractivity contribution in [3.63, 3.8) is 0 Å². The Morgan fingerprint density at radius 2 is 1.47 bits per heavy atom. The lowest BCUT2D eigenvalue weighted by Gasteiger charge is -2.43. The summed E-state index contributed by atoms with van der Waals surface area (Å²) in [6.45, 7) is 13.2. The van der Waals surface area contributed by atoms with Crippen molar-refractivity contribution in [3.05, 3.63) is 73.3 Å². The van der Waals surface area contributed by atoms with Crippen LogP contribution in [0.3, 0.4) is 0 Å². The zero-order valence-corrected chi connectivity index (χ0v) is 25.3. The molecule has 2 atom stereocenters. The highest BCUT2D eigenvalue weighted by molar-refractivity contribution is 6.99. The maximum absolute atomic E-state index is 12.9. The summed E-state index contributed by atoms with van der Waals surface area (Å²) in [4.78, 5) is 12.9. The van der Waals surface area contributed by atoms with Gasteiger partial charge in [-0.2, -0.15) is 0 Å². The van der Waals surface area contributed by atoms with Crippen LogP contribution in [-0.4, -0.2) is 47.5 Å². The van der Waals surface area contributed by atoms with E-state index in [1.54, 1.807) is 14.2 Å². The van der Waals surface area contributed by atoms with E-state index in [0.29, 0.717) is 19.4 Å². The first-order chi connectivity index (χ1) is 18.2. The van der Waals surface area contributed by atoms with Crippen LogP contribution < -0.4 is 10.4 Å². The summed E-state index contributed by atoms with van der Waals surface area (Å²) in [6.07, 6.45) is 5.60. The van der Waals surface area contributed by atoms with E-state index in [2.05, 4.69) is 82.8 Å². The van der Waals surface area contributed by atoms with Crippen LogP contribution >= 0.6 is 0 Å². The van der Waals surface area contributed by atoms with Gasteiger partial charge in [-0.25, -0.2) is 0 Å². The quantitative estimate of drug-likeness (QED) is 0.0780. The third-order valence-corrected chi connectivity index (χ3v) is 12.2. The molecule has 0 aliphatic heterocycles. The maximum atomic E-state index is 12.9. The van der Waals surface area contributed by atoms with Gasteiger partial charge in [0.25, 0.3) is 8.32 Å². The van der Waals surface area contributed by atoms with Crippen LogP contribution in [-0.2, 0) is 23.4 Å². The molecule has 0 aliphatic carbocycles. The van der Waals surface area contributed by atoms with E-state index in [0.717, 1.165) is 25.7 Å². The number of esters is 1. The highest BCUT2D eigenvalue weighted by Crippen LogP contribution is 2.36. The molecule has 5 nitrogen and oxygen atoms in total. The molecule has 0 radical (unpaired) electrons. The number of allylic oxidation sites excluding steroid dienone is 1. The van der Waals surface area contributed by atoms with Gasteiger partial charge in [0.2, 0.25) is 0 Å². The van der Waals surface area contributed by atoms with Crippen molar-refractivity contribution in [1.29, 1.82) is 0 Å². The minimum atomic E-state index is -2.60. The highest BCUT2D eigenvalue weighted by atomic mass is 28.4. The number of ether oxygens (including phenoxy) is 3. The van der Waals surface area contributed by atoms with E-state index in [1.165, 1.54) is 10.4 Å². The Bertz CT molecular complexity index is 898. The second kappa shape index (κ2) is 16.0. The fourth-order valence-electron chi connectivity index (χ4n) is 5.12. The van der Waals surface area contributed by atoms with E-state index >= 15 is 0 Å². The van der Waals surface area contributed by atoms with Crippen LogP contribution in [0.1, 0.15) is 66.2 Å². The van der Waals surface area contributed by atoms with E-state index in [4.69, 9.17) is 18.6 Å². The Morgan fingerprint density at radius 3 is 1.95 bits per heavy atom. The van der Waals surface area contributed by atoms with Gasteiger partial charge >= 0.3 is 5.97 Å². The van der Waals surface area contributed by atoms with E-state index < -0.39 is 8.32 Å². The van der Waals surface area contributed by atoms with Crippen LogP contribution in [0, 0.1) is 5.92 Å². The number of carbonyl (C=O) groups is 1. The molecule has 0 saturated carbocycles. The normalized spacial score (nSPS) is 13.8. The van der Waals surface area contributed by atoms with Crippen molar-refractivity contribution in [2.75, 3.05) is 20.8 Å². The van der Waals surface area contributed by atoms with Gasteiger partial charge in [-0.05, 0) is 53.4 Å². The number of rotatable bonds is 17. The molecular weight excluding hydrogens is 492 g/mol. The fourth-order valence-corrected chi connectivity index (χ4v) is 9.73. The van der Waals surface area contributed by atoms with Gasteiger partial charge in [-0.15, -0.1) is 6.58 Å². The standard InChI is InChI=1S/C32H48O5Si/c1-8-17-26(2)29(22-15-24-31(34-6)35-7)37-30(33)23-16-25-36-38(32(3,4)5,27-18-11-9-12-19-27)28-20-13-10-14-21-28/h8-14,18-21,26,29,31H,1,15-17,22-25H2,2-7H3/t26-,29-/m0/s1. The Kier molecular flexibility index (Phi) is 13.4. The summed E-state index contributed by atoms with van der Waals surface area (Å²) in [6, 6.07) is 21.1. The lowest BCUT2D eigenvalue weighted by Crippen LogP contribution is -2.66. The average Bonchev–Trinajstić information content (AvgIpc) is 2.91. The molecule has 0 spiro atoms. The second-order valence-corrected chi connectivity index (χ2v) is 15.3. The Labute approximate surface area is 231 Å². The average molecular weight is 541 g/mol. The molecule has 0 bridgehead atoms. The Morgan fingerprint density at radius 1 is 0.921 bits per heavy atom. The Hall–Kier alpha value is -2.25. The monoisotopic (exact) mass is 540 g/mol. The SMILES string of the molecule is C=CC[C@H](C)[C@H](CCCC(OC)OC)OC(=O)CCCO[Si](c1ccccc1)(c1ccccc1)C(C)(C)C. The molecule has 2 aromatic rings. The highest BCUT2D eigenvalue weighted by Gasteiger charge is 2.49. The summed E-state index contributed by atoms with van der Waals surface area (Å²) in [5.41, 5.74) is 0. The molecule has 38 heavy (non-hydrogen) atoms. The second-order valence-electron chi connectivity index (χ2n) is 11.0. The zero-order valence-electron chi connectivity index (χ0n) is 24.3. The summed E-state index contributed by atoms with van der Waals surface area (Å²) < 4.78 is 23.5. The van der Waals surface area contributed by atoms with Crippen LogP contribution in [0.15, 0.2) is 73.3 Å². The molecule has 0 aliphatic rings. The smallest absolute Gasteiger partial charge is 0.306 e. The number of benzene rings is 2. The summed E-state index contributed by atoms with van der Waals surface area (Å²) in [5.74, 6) is 0.0281. The minimum absolute atomic E-state index is 0.0936. The van der Waals surface area contributed by atoms with E-state index in [-0.39, 0.29) is 29.3 Å². The van der Waals surface area contributed by atoms with Crippen molar-refractivity contribution < 1.29 is 23.4 Å². The number of carbonyl (C=O) groups excluding carboxylic acids is 1. The van der Waals surface area contributed by atoms with Crippen molar-refractivity contribution in [3.8, 4) is 0 Å². The van der Waals surface area contributed by atoms with Gasteiger partial charge in [-0.3, -0.25) is 4.79 Å². The lowest BCUT2D eigenvalue weighted by atomic mass is 9.96. The third-order valence-electron chi connectivity index (χ3n) is 7.17. The first-order valence-corrected chi connectivity index (χ1v) is 15.7. The molecule has 0 saturated heterocycles. The van der Waals surface area contributed by atoms with Crippen LogP contribution in [0.4, 0.5) is 0 Å². The number of methoxy groups -OCH3 is 2. The predicted molar refractivity (Wildman–Crippen MR) is 158 cm³/mol. The molecule has 210 valence electrons. The largest absolute Gasteiger partial charge is 0.462 e. The Balaban J connectivity index is 2.06. The molecule has 0 N–H and O–H groups in total. The van der Waals surface area contributed by atoms with Gasteiger partial charge in [0.05, 0.1) is 0 Å². The number of hydrogen-bond acceptors (Lipinski definition) is 5. The van der Waals surface area contributed by atoms with Crippen molar-refractivity contribution in [2.24, 2.45) is 5.92 Å². The zero-order chi connectivity index (χ0) is 28.0. The first kappa shape index (κ1) is 32.0. The summed E-state index contributed by atoms with van der Waals surface area (Å²) in [7, 11) is 0.675. The minimum Gasteiger partial charge on any atom is -0.462 e. The van der Waals surface area contributed by atoms with Gasteiger partial charge in [-0.1, -0.05) is 94.4 Å². The van der Waals surface area contributed by atoms with Crippen molar-refractivity contribution in [2.45, 2.75) is 83.7 Å². The van der Waals surface area contributed by atoms with Crippen LogP contribution in [0.5, 0.6) is 0 Å². The molecule has 2 aromatic carbocycles. The van der Waals surface area contributed by atoms with Crippen molar-refractivity contribution in [1.82, 2.24) is 0 Å². The van der Waals surface area contributed by atoms with Gasteiger partial charge in [0.1, 0.15) is 6.10 Å². The fraction of sp³-hybridized carbons (Fsp3) is 0.531. The first-order valence-electron chi connectivity index (χ1n) is 13.8. The summed E-state index contributed by atoms with van der Waals surface area (Å²) in [5, 5.41) is 2.39. The summed E-state index contributed by atoms with van der Waals surface area (Å²) >= 11 is 0. The maximum Gasteiger partial charge on any atom is 0.306 e. The molecule has 0 heterocycles. The van der Waals surface area contributed by atoms with Gasteiger partial charge in [0.15, 0.2) is 6.29 Å². The molecule has 0 fully saturated rings. The third kappa shape index (κ3) is 8.91. The van der Waals surface area contributed by atoms with Gasteiger partial charge < -0.3 is 18.6 Å². The van der Waals surface area contributed by atoms with Gasteiger partial charge in [0, 0.05) is 27.2 Å². The number of hydrogen-bond donors (Lipinski definition) is 0. The molecule has 0 unspecified atom stereocenters. The van der Waals surface area contributed by atoms with Crippen LogP contribution in [0.25, 0.3) is 0 Å². The lowest BCUT2D eigenvalue weighted by molar-refractivity contribution is -0.152. The topological polar surface area (TPSA) is 54.0 Å². The van der Waals surface area contributed by atoms with Crippen LogP contribution in [0.2, 0.25) is 5.04 Å². The van der Waals surface area contributed by atoms with E-state index in [1.807, 2.05) is 18.2 Å². The van der Waals surface area contributed by atoms with E-state index in [9.17, 15) is 4.79 Å².